The van der Waals surface area contributed by atoms with E-state index in [1.807, 2.05) is 4.57 Å². The van der Waals surface area contributed by atoms with Gasteiger partial charge in [0.05, 0.1) is 16.4 Å². The van der Waals surface area contributed by atoms with Crippen LogP contribution >= 0.6 is 11.6 Å². The predicted octanol–water partition coefficient (Wildman–Crippen LogP) is 3.65. The summed E-state index contributed by atoms with van der Waals surface area (Å²) in [5.41, 5.74) is 0.969. The molecule has 19 heavy (non-hydrogen) atoms. The molecular formula is C13H15ClF2N2O. The zero-order valence-corrected chi connectivity index (χ0v) is 11.5. The maximum absolute atomic E-state index is 13.4. The molecule has 0 bridgehead atoms. The molecule has 0 spiro atoms. The first-order valence-corrected chi connectivity index (χ1v) is 6.46. The molecule has 0 fully saturated rings. The maximum atomic E-state index is 13.4. The van der Waals surface area contributed by atoms with Crippen molar-refractivity contribution < 1.29 is 13.5 Å². The number of imidazole rings is 1. The molecule has 2 aromatic rings. The fourth-order valence-corrected chi connectivity index (χ4v) is 2.21. The van der Waals surface area contributed by atoms with Crippen molar-refractivity contribution in [3.05, 3.63) is 29.6 Å². The van der Waals surface area contributed by atoms with Crippen molar-refractivity contribution in [2.24, 2.45) is 0 Å². The number of ether oxygens (including phenoxy) is 1. The Morgan fingerprint density at radius 2 is 2.05 bits per heavy atom. The highest BCUT2D eigenvalue weighted by Gasteiger charge is 2.17. The summed E-state index contributed by atoms with van der Waals surface area (Å²) in [6, 6.07) is 2.26. The molecule has 3 nitrogen and oxygen atoms in total. The molecular weight excluding hydrogens is 274 g/mol. The first kappa shape index (κ1) is 14.2. The molecule has 1 unspecified atom stereocenters. The first-order valence-electron chi connectivity index (χ1n) is 6.02. The number of rotatable bonds is 5. The fourth-order valence-electron chi connectivity index (χ4n) is 2.04. The van der Waals surface area contributed by atoms with E-state index >= 15 is 0 Å². The summed E-state index contributed by atoms with van der Waals surface area (Å²) in [5, 5.41) is -0.332. The first-order chi connectivity index (χ1) is 9.04. The van der Waals surface area contributed by atoms with Crippen LogP contribution in [0.15, 0.2) is 12.1 Å². The van der Waals surface area contributed by atoms with Gasteiger partial charge in [-0.25, -0.2) is 13.8 Å². The number of fused-ring (bicyclic) bond motifs is 1. The van der Waals surface area contributed by atoms with Crippen LogP contribution < -0.4 is 0 Å². The van der Waals surface area contributed by atoms with E-state index in [-0.39, 0.29) is 5.38 Å². The van der Waals surface area contributed by atoms with Gasteiger partial charge in [-0.15, -0.1) is 11.6 Å². The molecule has 1 aromatic heterocycles. The number of alkyl halides is 1. The molecule has 1 atom stereocenters. The number of methoxy groups -OCH3 is 1. The third-order valence-electron chi connectivity index (χ3n) is 2.91. The van der Waals surface area contributed by atoms with Crippen LogP contribution in [0.25, 0.3) is 11.0 Å². The summed E-state index contributed by atoms with van der Waals surface area (Å²) in [4.78, 5) is 4.28. The molecule has 2 rings (SSSR count). The quantitative estimate of drug-likeness (QED) is 0.620. The zero-order valence-electron chi connectivity index (χ0n) is 10.8. The largest absolute Gasteiger partial charge is 0.385 e. The second-order valence-electron chi connectivity index (χ2n) is 4.34. The van der Waals surface area contributed by atoms with Gasteiger partial charge in [-0.3, -0.25) is 0 Å². The number of hydrogen-bond donors (Lipinski definition) is 0. The number of aromatic nitrogens is 2. The molecule has 6 heteroatoms. The van der Waals surface area contributed by atoms with Gasteiger partial charge >= 0.3 is 0 Å². The van der Waals surface area contributed by atoms with E-state index in [1.165, 1.54) is 0 Å². The minimum Gasteiger partial charge on any atom is -0.385 e. The lowest BCUT2D eigenvalue weighted by Crippen LogP contribution is -2.06. The molecule has 0 aliphatic heterocycles. The van der Waals surface area contributed by atoms with E-state index in [0.717, 1.165) is 18.6 Å². The van der Waals surface area contributed by atoms with Gasteiger partial charge in [0.15, 0.2) is 11.6 Å². The summed E-state index contributed by atoms with van der Waals surface area (Å²) >= 11 is 6.07. The standard InChI is InChI=1S/C13H15ClF2N2O/c1-8(14)13-17-11-6-9(15)10(16)7-12(11)18(13)4-3-5-19-2/h6-8H,3-5H2,1-2H3. The Morgan fingerprint density at radius 3 is 2.68 bits per heavy atom. The van der Waals surface area contributed by atoms with Crippen LogP contribution in [0.1, 0.15) is 24.5 Å². The van der Waals surface area contributed by atoms with E-state index < -0.39 is 11.6 Å². The van der Waals surface area contributed by atoms with E-state index in [9.17, 15) is 8.78 Å². The van der Waals surface area contributed by atoms with E-state index in [0.29, 0.717) is 30.0 Å². The topological polar surface area (TPSA) is 27.1 Å². The smallest absolute Gasteiger partial charge is 0.161 e. The average Bonchev–Trinajstić information content (AvgIpc) is 2.69. The van der Waals surface area contributed by atoms with Gasteiger partial charge < -0.3 is 9.30 Å². The van der Waals surface area contributed by atoms with Gasteiger partial charge in [0.1, 0.15) is 5.82 Å². The lowest BCUT2D eigenvalue weighted by Gasteiger charge is -2.10. The van der Waals surface area contributed by atoms with Crippen LogP contribution in [0.5, 0.6) is 0 Å². The van der Waals surface area contributed by atoms with Crippen molar-refractivity contribution in [2.75, 3.05) is 13.7 Å². The highest BCUT2D eigenvalue weighted by molar-refractivity contribution is 6.20. The zero-order chi connectivity index (χ0) is 14.0. The van der Waals surface area contributed by atoms with Gasteiger partial charge in [-0.2, -0.15) is 0 Å². The third-order valence-corrected chi connectivity index (χ3v) is 3.10. The maximum Gasteiger partial charge on any atom is 0.161 e. The second kappa shape index (κ2) is 5.84. The van der Waals surface area contributed by atoms with Crippen molar-refractivity contribution >= 4 is 22.6 Å². The van der Waals surface area contributed by atoms with Gasteiger partial charge in [0, 0.05) is 32.4 Å². The molecule has 104 valence electrons. The highest BCUT2D eigenvalue weighted by Crippen LogP contribution is 2.26. The van der Waals surface area contributed by atoms with Crippen molar-refractivity contribution in [1.82, 2.24) is 9.55 Å². The van der Waals surface area contributed by atoms with E-state index in [4.69, 9.17) is 16.3 Å². The summed E-state index contributed by atoms with van der Waals surface area (Å²) in [6.07, 6.45) is 0.748. The van der Waals surface area contributed by atoms with Gasteiger partial charge in [0.2, 0.25) is 0 Å². The van der Waals surface area contributed by atoms with Gasteiger partial charge in [0.25, 0.3) is 0 Å². The predicted molar refractivity (Wildman–Crippen MR) is 70.4 cm³/mol. The van der Waals surface area contributed by atoms with Crippen molar-refractivity contribution in [3.63, 3.8) is 0 Å². The van der Waals surface area contributed by atoms with Crippen LogP contribution in [0.4, 0.5) is 8.78 Å². The number of nitrogens with zero attached hydrogens (tertiary/aromatic N) is 2. The minimum atomic E-state index is -0.900. The SMILES string of the molecule is COCCCn1c(C(C)Cl)nc2cc(F)c(F)cc21. The summed E-state index contributed by atoms with van der Waals surface area (Å²) < 4.78 is 33.4. The molecule has 0 N–H and O–H groups in total. The van der Waals surface area contributed by atoms with Crippen molar-refractivity contribution in [1.29, 1.82) is 0 Å². The Hall–Kier alpha value is -1.20. The van der Waals surface area contributed by atoms with Crippen LogP contribution in [0.2, 0.25) is 0 Å². The van der Waals surface area contributed by atoms with Crippen LogP contribution in [0, 0.1) is 11.6 Å². The van der Waals surface area contributed by atoms with Crippen molar-refractivity contribution in [3.8, 4) is 0 Å². The average molecular weight is 289 g/mol. The molecule has 0 saturated heterocycles. The Morgan fingerprint density at radius 1 is 1.37 bits per heavy atom. The number of hydrogen-bond acceptors (Lipinski definition) is 2. The molecule has 1 heterocycles. The van der Waals surface area contributed by atoms with E-state index in [2.05, 4.69) is 4.98 Å². The Kier molecular flexibility index (Phi) is 4.37. The summed E-state index contributed by atoms with van der Waals surface area (Å²) in [7, 11) is 1.62. The van der Waals surface area contributed by atoms with Gasteiger partial charge in [-0.05, 0) is 13.3 Å². The second-order valence-corrected chi connectivity index (χ2v) is 4.99. The van der Waals surface area contributed by atoms with Crippen LogP contribution in [0.3, 0.4) is 0 Å². The number of halogens is 3. The Bertz CT molecular complexity index is 584. The van der Waals surface area contributed by atoms with Crippen LogP contribution in [-0.2, 0) is 11.3 Å². The summed E-state index contributed by atoms with van der Waals surface area (Å²) in [6.45, 7) is 2.96. The highest BCUT2D eigenvalue weighted by atomic mass is 35.5. The Labute approximate surface area is 115 Å². The molecule has 0 aliphatic carbocycles. The monoisotopic (exact) mass is 288 g/mol. The summed E-state index contributed by atoms with van der Waals surface area (Å²) in [5.74, 6) is -1.17. The molecule has 0 radical (unpaired) electrons. The lowest BCUT2D eigenvalue weighted by molar-refractivity contribution is 0.190. The van der Waals surface area contributed by atoms with Gasteiger partial charge in [-0.1, -0.05) is 0 Å². The molecule has 0 aliphatic rings. The van der Waals surface area contributed by atoms with E-state index in [1.54, 1.807) is 14.0 Å². The normalized spacial score (nSPS) is 13.1. The molecule has 0 amide bonds. The van der Waals surface area contributed by atoms with Crippen LogP contribution in [-0.4, -0.2) is 23.3 Å². The third kappa shape index (κ3) is 2.87. The van der Waals surface area contributed by atoms with Crippen molar-refractivity contribution in [2.45, 2.75) is 25.3 Å². The Balaban J connectivity index is 2.49. The fraction of sp³-hybridized carbons (Fsp3) is 0.462. The molecule has 1 aromatic carbocycles. The molecule has 0 saturated carbocycles. The minimum absolute atomic E-state index is 0.332. The lowest BCUT2D eigenvalue weighted by atomic mass is 10.3. The number of aryl methyl sites for hydroxylation is 1. The number of benzene rings is 1.